The number of halogens is 3. The third-order valence-corrected chi connectivity index (χ3v) is 1.69. The van der Waals surface area contributed by atoms with Crippen molar-refractivity contribution in [1.29, 1.82) is 0 Å². The zero-order valence-corrected chi connectivity index (χ0v) is 7.05. The van der Waals surface area contributed by atoms with Crippen LogP contribution in [0.4, 0.5) is 8.78 Å². The largest absolute Gasteiger partial charge is 0.508 e. The van der Waals surface area contributed by atoms with Crippen LogP contribution in [0.3, 0.4) is 0 Å². The second-order valence-electron chi connectivity index (χ2n) is 2.40. The first-order valence-corrected chi connectivity index (χ1v) is 3.69. The van der Waals surface area contributed by atoms with Gasteiger partial charge in [0.05, 0.1) is 0 Å². The number of hydrogen-bond acceptors (Lipinski definition) is 2. The van der Waals surface area contributed by atoms with Crippen molar-refractivity contribution in [3.63, 3.8) is 0 Å². The fourth-order valence-electron chi connectivity index (χ4n) is 0.815. The van der Waals surface area contributed by atoms with E-state index in [-0.39, 0.29) is 5.75 Å². The van der Waals surface area contributed by atoms with E-state index in [2.05, 4.69) is 11.6 Å². The molecule has 1 rings (SSSR count). The molecule has 2 nitrogen and oxygen atoms in total. The van der Waals surface area contributed by atoms with Crippen molar-refractivity contribution in [2.75, 3.05) is 0 Å². The third-order valence-electron chi connectivity index (χ3n) is 1.46. The number of phenolic OH excluding ortho intramolecular Hbond substituents is 1. The predicted molar refractivity (Wildman–Crippen MR) is 42.9 cm³/mol. The molecule has 1 aromatic rings. The lowest BCUT2D eigenvalue weighted by Crippen LogP contribution is -2.20. The first-order chi connectivity index (χ1) is 5.94. The lowest BCUT2D eigenvalue weighted by atomic mass is 10.1. The second kappa shape index (κ2) is 3.30. The van der Waals surface area contributed by atoms with Crippen LogP contribution in [0.25, 0.3) is 0 Å². The molecule has 0 aliphatic rings. The van der Waals surface area contributed by atoms with Gasteiger partial charge in [-0.3, -0.25) is 4.79 Å². The average molecular weight is 207 g/mol. The maximum absolute atomic E-state index is 12.9. The van der Waals surface area contributed by atoms with E-state index in [1.807, 2.05) is 0 Å². The summed E-state index contributed by atoms with van der Waals surface area (Å²) < 4.78 is 25.7. The van der Waals surface area contributed by atoms with Crippen LogP contribution in [-0.2, 0) is 10.7 Å². The van der Waals surface area contributed by atoms with Gasteiger partial charge in [0, 0.05) is 5.56 Å². The van der Waals surface area contributed by atoms with Crippen LogP contribution < -0.4 is 0 Å². The van der Waals surface area contributed by atoms with E-state index in [1.165, 1.54) is 12.1 Å². The Morgan fingerprint density at radius 2 is 2.08 bits per heavy atom. The van der Waals surface area contributed by atoms with Gasteiger partial charge in [-0.2, -0.15) is 8.78 Å². The highest BCUT2D eigenvalue weighted by molar-refractivity contribution is 6.65. The zero-order chi connectivity index (χ0) is 10.1. The minimum Gasteiger partial charge on any atom is -0.508 e. The number of benzene rings is 1. The second-order valence-corrected chi connectivity index (χ2v) is 2.74. The van der Waals surface area contributed by atoms with Gasteiger partial charge in [-0.05, 0) is 23.7 Å². The lowest BCUT2D eigenvalue weighted by molar-refractivity contribution is -0.135. The standard InChI is InChI=1S/C8H5ClF2O2/c9-7(13)8(10,11)5-2-1-3-6(12)4-5/h1-4,12H. The predicted octanol–water partition coefficient (Wildman–Crippen LogP) is 2.25. The van der Waals surface area contributed by atoms with E-state index < -0.39 is 16.7 Å². The molecule has 0 fully saturated rings. The van der Waals surface area contributed by atoms with E-state index in [1.54, 1.807) is 0 Å². The third kappa shape index (κ3) is 1.95. The highest BCUT2D eigenvalue weighted by atomic mass is 35.5. The summed E-state index contributed by atoms with van der Waals surface area (Å²) in [7, 11) is 0. The van der Waals surface area contributed by atoms with Crippen LogP contribution in [0.2, 0.25) is 0 Å². The van der Waals surface area contributed by atoms with Gasteiger partial charge in [0.15, 0.2) is 0 Å². The number of carbonyl (C=O) groups excluding carboxylic acids is 1. The molecule has 0 amide bonds. The molecule has 0 saturated heterocycles. The Balaban J connectivity index is 3.14. The number of rotatable bonds is 2. The van der Waals surface area contributed by atoms with Gasteiger partial charge in [-0.1, -0.05) is 12.1 Å². The van der Waals surface area contributed by atoms with Gasteiger partial charge < -0.3 is 5.11 Å². The Labute approximate surface area is 77.8 Å². The smallest absolute Gasteiger partial charge is 0.345 e. The molecular formula is C8H5ClF2O2. The van der Waals surface area contributed by atoms with Crippen LogP contribution in [0.1, 0.15) is 5.56 Å². The van der Waals surface area contributed by atoms with Crippen LogP contribution in [-0.4, -0.2) is 10.3 Å². The maximum atomic E-state index is 12.9. The Bertz CT molecular complexity index is 339. The van der Waals surface area contributed by atoms with Gasteiger partial charge in [0.1, 0.15) is 5.75 Å². The molecule has 0 heterocycles. The molecule has 0 aromatic heterocycles. The summed E-state index contributed by atoms with van der Waals surface area (Å²) in [6.45, 7) is 0. The Hall–Kier alpha value is -1.16. The Morgan fingerprint density at radius 3 is 2.54 bits per heavy atom. The first kappa shape index (κ1) is 9.92. The molecule has 1 aromatic carbocycles. The molecule has 5 heteroatoms. The molecule has 0 spiro atoms. The molecule has 0 unspecified atom stereocenters. The van der Waals surface area contributed by atoms with Crippen molar-refractivity contribution < 1.29 is 18.7 Å². The summed E-state index contributed by atoms with van der Waals surface area (Å²) in [6, 6.07) is 4.23. The van der Waals surface area contributed by atoms with Crippen molar-refractivity contribution in [3.8, 4) is 5.75 Å². The summed E-state index contributed by atoms with van der Waals surface area (Å²) >= 11 is 4.69. The molecule has 0 radical (unpaired) electrons. The van der Waals surface area contributed by atoms with E-state index in [4.69, 9.17) is 5.11 Å². The molecule has 1 N–H and O–H groups in total. The fourth-order valence-corrected chi connectivity index (χ4v) is 0.924. The zero-order valence-electron chi connectivity index (χ0n) is 6.30. The molecule has 0 aliphatic heterocycles. The number of alkyl halides is 2. The van der Waals surface area contributed by atoms with Gasteiger partial charge in [-0.25, -0.2) is 0 Å². The average Bonchev–Trinajstić information content (AvgIpc) is 2.04. The van der Waals surface area contributed by atoms with E-state index in [0.717, 1.165) is 12.1 Å². The van der Waals surface area contributed by atoms with Crippen LogP contribution >= 0.6 is 11.6 Å². The van der Waals surface area contributed by atoms with Crippen molar-refractivity contribution in [3.05, 3.63) is 29.8 Å². The van der Waals surface area contributed by atoms with Gasteiger partial charge in [0.25, 0.3) is 5.24 Å². The molecular weight excluding hydrogens is 202 g/mol. The Morgan fingerprint density at radius 1 is 1.46 bits per heavy atom. The molecule has 0 bridgehead atoms. The van der Waals surface area contributed by atoms with Gasteiger partial charge >= 0.3 is 5.92 Å². The monoisotopic (exact) mass is 206 g/mol. The highest BCUT2D eigenvalue weighted by Crippen LogP contribution is 2.31. The van der Waals surface area contributed by atoms with Crippen molar-refractivity contribution >= 4 is 16.8 Å². The maximum Gasteiger partial charge on any atom is 0.345 e. The minimum absolute atomic E-state index is 0.338. The van der Waals surface area contributed by atoms with Crippen LogP contribution in [0.15, 0.2) is 24.3 Å². The molecule has 70 valence electrons. The van der Waals surface area contributed by atoms with Gasteiger partial charge in [0.2, 0.25) is 0 Å². The highest BCUT2D eigenvalue weighted by Gasteiger charge is 2.39. The minimum atomic E-state index is -3.75. The topological polar surface area (TPSA) is 37.3 Å². The first-order valence-electron chi connectivity index (χ1n) is 3.32. The van der Waals surface area contributed by atoms with E-state index >= 15 is 0 Å². The number of phenols is 1. The lowest BCUT2D eigenvalue weighted by Gasteiger charge is -2.11. The molecule has 0 aliphatic carbocycles. The Kier molecular flexibility index (Phi) is 2.52. The van der Waals surface area contributed by atoms with Crippen LogP contribution in [0.5, 0.6) is 5.75 Å². The summed E-state index contributed by atoms with van der Waals surface area (Å²) in [5.74, 6) is -4.09. The van der Waals surface area contributed by atoms with Crippen molar-refractivity contribution in [2.24, 2.45) is 0 Å². The number of hydrogen-bond donors (Lipinski definition) is 1. The number of aromatic hydroxyl groups is 1. The summed E-state index contributed by atoms with van der Waals surface area (Å²) in [4.78, 5) is 10.3. The molecule has 13 heavy (non-hydrogen) atoms. The van der Waals surface area contributed by atoms with E-state index in [0.29, 0.717) is 0 Å². The van der Waals surface area contributed by atoms with Gasteiger partial charge in [-0.15, -0.1) is 0 Å². The van der Waals surface area contributed by atoms with Crippen molar-refractivity contribution in [1.82, 2.24) is 0 Å². The van der Waals surface area contributed by atoms with Crippen molar-refractivity contribution in [2.45, 2.75) is 5.92 Å². The SMILES string of the molecule is O=C(Cl)C(F)(F)c1cccc(O)c1. The van der Waals surface area contributed by atoms with Crippen LogP contribution in [0, 0.1) is 0 Å². The normalized spacial score (nSPS) is 11.3. The summed E-state index contributed by atoms with van der Waals surface area (Å²) in [6.07, 6.45) is 0. The fraction of sp³-hybridized carbons (Fsp3) is 0.125. The summed E-state index contributed by atoms with van der Waals surface area (Å²) in [5.41, 5.74) is -0.618. The quantitative estimate of drug-likeness (QED) is 0.754. The number of carbonyl (C=O) groups is 1. The molecule has 0 atom stereocenters. The summed E-state index contributed by atoms with van der Waals surface area (Å²) in [5, 5.41) is 7.10. The van der Waals surface area contributed by atoms with E-state index in [9.17, 15) is 13.6 Å². The molecule has 0 saturated carbocycles.